The second-order valence-corrected chi connectivity index (χ2v) is 4.07. The molecule has 0 aliphatic rings. The predicted molar refractivity (Wildman–Crippen MR) is 61.0 cm³/mol. The third-order valence-corrected chi connectivity index (χ3v) is 2.08. The number of nitrogens with one attached hydrogen (secondary N) is 2. The van der Waals surface area contributed by atoms with Gasteiger partial charge in [0.1, 0.15) is 0 Å². The molecule has 7 heteroatoms. The number of H-pyrrole nitrogens is 1. The molecule has 0 aromatic carbocycles. The van der Waals surface area contributed by atoms with E-state index in [-0.39, 0.29) is 17.4 Å². The SMILES string of the molecule is CC(CN(C)C)NC(=O)c1nc[nH]c1C(=O)O. The van der Waals surface area contributed by atoms with Crippen LogP contribution >= 0.6 is 0 Å². The average Bonchev–Trinajstić information content (AvgIpc) is 2.63. The fraction of sp³-hybridized carbons (Fsp3) is 0.500. The summed E-state index contributed by atoms with van der Waals surface area (Å²) < 4.78 is 0. The Morgan fingerprint density at radius 1 is 1.59 bits per heavy atom. The standard InChI is InChI=1S/C10H16N4O3/c1-6(4-14(2)3)13-9(15)7-8(10(16)17)12-5-11-7/h5-6H,4H2,1-3H3,(H,11,12)(H,13,15)(H,16,17). The number of hydrogen-bond acceptors (Lipinski definition) is 4. The summed E-state index contributed by atoms with van der Waals surface area (Å²) in [6, 6.07) is -0.0872. The van der Waals surface area contributed by atoms with Crippen LogP contribution in [0.5, 0.6) is 0 Å². The van der Waals surface area contributed by atoms with Crippen molar-refractivity contribution in [2.75, 3.05) is 20.6 Å². The molecule has 0 saturated heterocycles. The number of carbonyl (C=O) groups is 2. The zero-order chi connectivity index (χ0) is 13.0. The van der Waals surface area contributed by atoms with Crippen LogP contribution in [0.3, 0.4) is 0 Å². The van der Waals surface area contributed by atoms with Gasteiger partial charge >= 0.3 is 5.97 Å². The molecule has 0 saturated carbocycles. The van der Waals surface area contributed by atoms with Crippen LogP contribution in [0.25, 0.3) is 0 Å². The smallest absolute Gasteiger partial charge is 0.354 e. The van der Waals surface area contributed by atoms with E-state index < -0.39 is 11.9 Å². The van der Waals surface area contributed by atoms with Crippen LogP contribution in [-0.2, 0) is 0 Å². The number of likely N-dealkylation sites (N-methyl/N-ethyl adjacent to an activating group) is 1. The fourth-order valence-corrected chi connectivity index (χ4v) is 1.51. The zero-order valence-electron chi connectivity index (χ0n) is 10.0. The van der Waals surface area contributed by atoms with Gasteiger partial charge in [0.05, 0.1) is 6.33 Å². The van der Waals surface area contributed by atoms with E-state index in [0.717, 1.165) is 0 Å². The zero-order valence-corrected chi connectivity index (χ0v) is 10.0. The van der Waals surface area contributed by atoms with Crippen LogP contribution in [-0.4, -0.2) is 58.5 Å². The number of carboxylic acids is 1. The minimum Gasteiger partial charge on any atom is -0.477 e. The molecule has 17 heavy (non-hydrogen) atoms. The molecule has 3 N–H and O–H groups in total. The topological polar surface area (TPSA) is 98.3 Å². The van der Waals surface area contributed by atoms with E-state index in [4.69, 9.17) is 5.11 Å². The first kappa shape index (κ1) is 13.2. The molecule has 0 fully saturated rings. The molecule has 7 nitrogen and oxygen atoms in total. The summed E-state index contributed by atoms with van der Waals surface area (Å²) in [7, 11) is 3.78. The van der Waals surface area contributed by atoms with Gasteiger partial charge in [0.15, 0.2) is 11.4 Å². The summed E-state index contributed by atoms with van der Waals surface area (Å²) >= 11 is 0. The first-order valence-electron chi connectivity index (χ1n) is 5.14. The highest BCUT2D eigenvalue weighted by molar-refractivity contribution is 6.02. The number of amides is 1. The maximum Gasteiger partial charge on any atom is 0.354 e. The highest BCUT2D eigenvalue weighted by Gasteiger charge is 2.20. The van der Waals surface area contributed by atoms with Crippen molar-refractivity contribution in [2.24, 2.45) is 0 Å². The first-order chi connectivity index (χ1) is 7.91. The molecule has 1 amide bonds. The quantitative estimate of drug-likeness (QED) is 0.661. The van der Waals surface area contributed by atoms with Crippen molar-refractivity contribution in [1.29, 1.82) is 0 Å². The molecule has 0 aliphatic carbocycles. The number of imidazole rings is 1. The average molecular weight is 240 g/mol. The number of hydrogen-bond donors (Lipinski definition) is 3. The van der Waals surface area contributed by atoms with Gasteiger partial charge < -0.3 is 20.3 Å². The molecule has 1 heterocycles. The number of nitrogens with zero attached hydrogens (tertiary/aromatic N) is 2. The monoisotopic (exact) mass is 240 g/mol. The Labute approximate surface area is 98.8 Å². The molecular weight excluding hydrogens is 224 g/mol. The maximum absolute atomic E-state index is 11.7. The summed E-state index contributed by atoms with van der Waals surface area (Å²) in [5.41, 5.74) is -0.289. The minimum atomic E-state index is -1.20. The van der Waals surface area contributed by atoms with Gasteiger partial charge in [-0.15, -0.1) is 0 Å². The molecular formula is C10H16N4O3. The van der Waals surface area contributed by atoms with Gasteiger partial charge in [-0.25, -0.2) is 9.78 Å². The molecule has 1 aromatic rings. The Morgan fingerprint density at radius 2 is 2.24 bits per heavy atom. The molecule has 1 rings (SSSR count). The van der Waals surface area contributed by atoms with E-state index in [1.165, 1.54) is 6.33 Å². The molecule has 1 atom stereocenters. The van der Waals surface area contributed by atoms with E-state index in [1.807, 2.05) is 25.9 Å². The predicted octanol–water partition coefficient (Wildman–Crippen LogP) is -0.212. The Morgan fingerprint density at radius 3 is 2.76 bits per heavy atom. The number of carbonyl (C=O) groups excluding carboxylic acids is 1. The molecule has 94 valence electrons. The van der Waals surface area contributed by atoms with Crippen molar-refractivity contribution < 1.29 is 14.7 Å². The molecule has 0 aliphatic heterocycles. The lowest BCUT2D eigenvalue weighted by molar-refractivity contribution is 0.0684. The Kier molecular flexibility index (Phi) is 4.22. The number of aromatic nitrogens is 2. The van der Waals surface area contributed by atoms with Crippen LogP contribution in [0.15, 0.2) is 6.33 Å². The minimum absolute atomic E-state index is 0.0872. The fourth-order valence-electron chi connectivity index (χ4n) is 1.51. The first-order valence-corrected chi connectivity index (χ1v) is 5.14. The molecule has 0 radical (unpaired) electrons. The van der Waals surface area contributed by atoms with Crippen LogP contribution in [0.2, 0.25) is 0 Å². The van der Waals surface area contributed by atoms with Gasteiger partial charge in [0.2, 0.25) is 0 Å². The number of aromatic amines is 1. The lowest BCUT2D eigenvalue weighted by Crippen LogP contribution is -2.40. The van der Waals surface area contributed by atoms with Crippen molar-refractivity contribution in [1.82, 2.24) is 20.2 Å². The van der Waals surface area contributed by atoms with Gasteiger partial charge in [-0.1, -0.05) is 0 Å². The molecule has 0 bridgehead atoms. The number of carboxylic acid groups (broad SMARTS) is 1. The van der Waals surface area contributed by atoms with Crippen LogP contribution in [0, 0.1) is 0 Å². The lowest BCUT2D eigenvalue weighted by atomic mass is 10.2. The summed E-state index contributed by atoms with van der Waals surface area (Å²) in [6.07, 6.45) is 1.19. The highest BCUT2D eigenvalue weighted by Crippen LogP contribution is 2.03. The van der Waals surface area contributed by atoms with Gasteiger partial charge in [0.25, 0.3) is 5.91 Å². The van der Waals surface area contributed by atoms with E-state index >= 15 is 0 Å². The summed E-state index contributed by atoms with van der Waals surface area (Å²) in [4.78, 5) is 30.6. The van der Waals surface area contributed by atoms with Crippen molar-refractivity contribution in [3.63, 3.8) is 0 Å². The highest BCUT2D eigenvalue weighted by atomic mass is 16.4. The van der Waals surface area contributed by atoms with Crippen LogP contribution < -0.4 is 5.32 Å². The maximum atomic E-state index is 11.7. The van der Waals surface area contributed by atoms with E-state index in [9.17, 15) is 9.59 Å². The van der Waals surface area contributed by atoms with Crippen molar-refractivity contribution in [2.45, 2.75) is 13.0 Å². The van der Waals surface area contributed by atoms with E-state index in [0.29, 0.717) is 6.54 Å². The lowest BCUT2D eigenvalue weighted by Gasteiger charge is -2.17. The molecule has 1 unspecified atom stereocenters. The van der Waals surface area contributed by atoms with Crippen molar-refractivity contribution >= 4 is 11.9 Å². The summed E-state index contributed by atoms with van der Waals surface area (Å²) in [6.45, 7) is 2.50. The number of rotatable bonds is 5. The molecule has 0 spiro atoms. The normalized spacial score (nSPS) is 12.5. The van der Waals surface area contributed by atoms with Gasteiger partial charge in [-0.3, -0.25) is 4.79 Å². The third-order valence-electron chi connectivity index (χ3n) is 2.08. The Balaban J connectivity index is 2.70. The number of aromatic carboxylic acids is 1. The Hall–Kier alpha value is -1.89. The van der Waals surface area contributed by atoms with Gasteiger partial charge in [-0.2, -0.15) is 0 Å². The third kappa shape index (κ3) is 3.56. The molecule has 1 aromatic heterocycles. The van der Waals surface area contributed by atoms with Crippen LogP contribution in [0.1, 0.15) is 27.9 Å². The van der Waals surface area contributed by atoms with Gasteiger partial charge in [0, 0.05) is 12.6 Å². The van der Waals surface area contributed by atoms with E-state index in [2.05, 4.69) is 15.3 Å². The van der Waals surface area contributed by atoms with Crippen molar-refractivity contribution in [3.05, 3.63) is 17.7 Å². The largest absolute Gasteiger partial charge is 0.477 e. The second kappa shape index (κ2) is 5.44. The second-order valence-electron chi connectivity index (χ2n) is 4.07. The van der Waals surface area contributed by atoms with Crippen molar-refractivity contribution in [3.8, 4) is 0 Å². The van der Waals surface area contributed by atoms with Gasteiger partial charge in [-0.05, 0) is 21.0 Å². The summed E-state index contributed by atoms with van der Waals surface area (Å²) in [5.74, 6) is -1.69. The Bertz CT molecular complexity index is 413. The van der Waals surface area contributed by atoms with E-state index in [1.54, 1.807) is 0 Å². The summed E-state index contributed by atoms with van der Waals surface area (Å²) in [5, 5.41) is 11.5. The van der Waals surface area contributed by atoms with Crippen LogP contribution in [0.4, 0.5) is 0 Å².